The van der Waals surface area contributed by atoms with Crippen molar-refractivity contribution in [3.8, 4) is 0 Å². The molecule has 0 aliphatic carbocycles. The summed E-state index contributed by atoms with van der Waals surface area (Å²) in [5.41, 5.74) is 0. The van der Waals surface area contributed by atoms with Crippen LogP contribution in [-0.2, 0) is 23.8 Å². The van der Waals surface area contributed by atoms with Crippen LogP contribution in [0.2, 0.25) is 0 Å². The van der Waals surface area contributed by atoms with Gasteiger partial charge in [0.15, 0.2) is 6.29 Å². The maximum atomic E-state index is 13.0. The van der Waals surface area contributed by atoms with Crippen LogP contribution in [-0.4, -0.2) is 100 Å². The summed E-state index contributed by atoms with van der Waals surface area (Å²) < 4.78 is 16.7. The van der Waals surface area contributed by atoms with E-state index >= 15 is 0 Å². The van der Waals surface area contributed by atoms with Crippen LogP contribution in [0, 0.1) is 0 Å². The summed E-state index contributed by atoms with van der Waals surface area (Å²) in [6.07, 6.45) is 70.9. The number of hydrogen-bond acceptors (Lipinski definition) is 10. The molecule has 0 aromatic carbocycles. The lowest BCUT2D eigenvalue weighted by Gasteiger charge is -2.40. The Morgan fingerprint density at radius 1 is 0.458 bits per heavy atom. The summed E-state index contributed by atoms with van der Waals surface area (Å²) in [5, 5.41) is 54.3. The Bertz CT molecular complexity index is 1560. The lowest BCUT2D eigenvalue weighted by molar-refractivity contribution is -0.302. The van der Waals surface area contributed by atoms with Crippen molar-refractivity contribution in [3.63, 3.8) is 0 Å². The van der Waals surface area contributed by atoms with Crippen molar-refractivity contribution >= 4 is 11.9 Å². The van der Waals surface area contributed by atoms with Gasteiger partial charge in [0, 0.05) is 12.8 Å². The van der Waals surface area contributed by atoms with Crippen LogP contribution < -0.4 is 5.32 Å². The van der Waals surface area contributed by atoms with Crippen LogP contribution >= 0.6 is 0 Å². The van der Waals surface area contributed by atoms with Crippen LogP contribution in [0.25, 0.3) is 0 Å². The number of carbonyl (C=O) groups excluding carboxylic acids is 2. The highest BCUT2D eigenvalue weighted by Gasteiger charge is 2.44. The van der Waals surface area contributed by atoms with Crippen molar-refractivity contribution in [1.82, 2.24) is 5.32 Å². The molecule has 0 spiro atoms. The molecule has 11 nitrogen and oxygen atoms in total. The minimum absolute atomic E-state index is 0.00688. The van der Waals surface area contributed by atoms with Gasteiger partial charge in [0.1, 0.15) is 24.4 Å². The maximum absolute atomic E-state index is 13.0. The van der Waals surface area contributed by atoms with Crippen molar-refractivity contribution in [2.45, 2.75) is 365 Å². The van der Waals surface area contributed by atoms with Crippen molar-refractivity contribution in [2.24, 2.45) is 0 Å². The van der Waals surface area contributed by atoms with Crippen molar-refractivity contribution in [2.75, 3.05) is 19.8 Å². The molecule has 7 atom stereocenters. The number of esters is 1. The largest absolute Gasteiger partial charge is 0.466 e. The predicted octanol–water partition coefficient (Wildman–Crippen LogP) is 17.7. The van der Waals surface area contributed by atoms with Gasteiger partial charge in [-0.25, -0.2) is 0 Å². The first kappa shape index (κ1) is 78.4. The maximum Gasteiger partial charge on any atom is 0.305 e. The third-order valence-electron chi connectivity index (χ3n) is 16.3. The topological polar surface area (TPSA) is 175 Å². The zero-order chi connectivity index (χ0) is 60.2. The van der Waals surface area contributed by atoms with Crippen molar-refractivity contribution < 1.29 is 49.3 Å². The molecule has 1 aliphatic heterocycles. The average Bonchev–Trinajstić information content (AvgIpc) is 3.69. The Hall–Kier alpha value is -2.64. The SMILES string of the molecule is CC/C=C/CC/C=C/CC/C=C/C(O)C(COC1OC(CO)C(O)C(O)C1O)NC(=O)CCCCCCCCCCCCCCCCC/C=C\C/C=C\CCCCCCCCCCCOC(=O)CCCCCCCCCCCCCCCC. The van der Waals surface area contributed by atoms with Crippen LogP contribution in [0.15, 0.2) is 60.8 Å². The van der Waals surface area contributed by atoms with Crippen molar-refractivity contribution in [1.29, 1.82) is 0 Å². The molecule has 0 radical (unpaired) electrons. The molecule has 1 saturated heterocycles. The minimum atomic E-state index is -1.58. The monoisotopic (exact) mass is 1170 g/mol. The molecule has 1 rings (SSSR count). The van der Waals surface area contributed by atoms with E-state index in [1.807, 2.05) is 6.08 Å². The van der Waals surface area contributed by atoms with Gasteiger partial charge in [0.05, 0.1) is 32.0 Å². The van der Waals surface area contributed by atoms with Crippen LogP contribution in [0.4, 0.5) is 0 Å². The van der Waals surface area contributed by atoms with Gasteiger partial charge in [-0.1, -0.05) is 286 Å². The highest BCUT2D eigenvalue weighted by molar-refractivity contribution is 5.76. The third kappa shape index (κ3) is 50.1. The number of aliphatic hydroxyl groups excluding tert-OH is 5. The van der Waals surface area contributed by atoms with Gasteiger partial charge in [0.25, 0.3) is 0 Å². The van der Waals surface area contributed by atoms with Gasteiger partial charge in [-0.2, -0.15) is 0 Å². The summed E-state index contributed by atoms with van der Waals surface area (Å²) in [7, 11) is 0. The fourth-order valence-electron chi connectivity index (χ4n) is 10.9. The third-order valence-corrected chi connectivity index (χ3v) is 16.3. The average molecular weight is 1170 g/mol. The van der Waals surface area contributed by atoms with Gasteiger partial charge in [-0.05, 0) is 83.5 Å². The molecule has 11 heteroatoms. The number of amides is 1. The van der Waals surface area contributed by atoms with Gasteiger partial charge >= 0.3 is 5.97 Å². The van der Waals surface area contributed by atoms with Gasteiger partial charge in [-0.15, -0.1) is 0 Å². The molecule has 0 saturated carbocycles. The fourth-order valence-corrected chi connectivity index (χ4v) is 10.9. The van der Waals surface area contributed by atoms with Gasteiger partial charge < -0.3 is 45.1 Å². The molecule has 0 aromatic heterocycles. The van der Waals surface area contributed by atoms with E-state index in [1.54, 1.807) is 6.08 Å². The second-order valence-corrected chi connectivity index (χ2v) is 24.2. The number of allylic oxidation sites excluding steroid dienone is 9. The molecule has 484 valence electrons. The van der Waals surface area contributed by atoms with Gasteiger partial charge in [-0.3, -0.25) is 9.59 Å². The molecule has 1 aliphatic rings. The highest BCUT2D eigenvalue weighted by atomic mass is 16.7. The number of unbranched alkanes of at least 4 members (excludes halogenated alkanes) is 39. The lowest BCUT2D eigenvalue weighted by Crippen LogP contribution is -2.60. The van der Waals surface area contributed by atoms with E-state index in [1.165, 1.54) is 218 Å². The second-order valence-electron chi connectivity index (χ2n) is 24.2. The first-order chi connectivity index (χ1) is 40.7. The number of ether oxygens (including phenoxy) is 3. The molecule has 1 amide bonds. The zero-order valence-corrected chi connectivity index (χ0v) is 53.7. The predicted molar refractivity (Wildman–Crippen MR) is 347 cm³/mol. The summed E-state index contributed by atoms with van der Waals surface area (Å²) in [6.45, 7) is 4.22. The quantitative estimate of drug-likeness (QED) is 0.0195. The Balaban J connectivity index is 1.94. The van der Waals surface area contributed by atoms with Crippen LogP contribution in [0.5, 0.6) is 0 Å². The molecule has 83 heavy (non-hydrogen) atoms. The lowest BCUT2D eigenvalue weighted by atomic mass is 9.99. The van der Waals surface area contributed by atoms with E-state index in [-0.39, 0.29) is 18.5 Å². The van der Waals surface area contributed by atoms with E-state index in [0.29, 0.717) is 19.4 Å². The highest BCUT2D eigenvalue weighted by Crippen LogP contribution is 2.23. The Labute approximate surface area is 509 Å². The first-order valence-corrected chi connectivity index (χ1v) is 35.1. The molecular formula is C72H131NO10. The van der Waals surface area contributed by atoms with Crippen molar-refractivity contribution in [3.05, 3.63) is 60.8 Å². The van der Waals surface area contributed by atoms with Crippen LogP contribution in [0.1, 0.15) is 322 Å². The second kappa shape index (κ2) is 61.0. The standard InChI is InChI=1S/C72H131NO10/c1-3-5-7-9-11-13-15-16-37-40-44-48-52-56-60-68(77)81-61-57-53-49-45-41-38-35-33-31-29-27-25-23-21-19-17-18-20-22-24-26-28-30-32-34-36-39-43-47-51-55-59-67(76)73-64(63-82-72-71(80)70(79)69(78)66(62-74)83-72)65(75)58-54-50-46-42-14-12-10-8-6-4-2/h6,8,14,19,21,25,27,42,54,58,64-66,69-72,74-75,78-80H,3-5,7,9-13,15-18,20,22-24,26,28-41,43-53,55-57,59-63H2,1-2H3,(H,73,76)/b8-6+,21-19-,27-25-,42-14+,58-54+. The van der Waals surface area contributed by atoms with E-state index < -0.39 is 49.5 Å². The normalized spacial score (nSPS) is 18.5. The molecule has 0 aromatic rings. The Kier molecular flexibility index (Phi) is 57.6. The Morgan fingerprint density at radius 2 is 0.855 bits per heavy atom. The zero-order valence-electron chi connectivity index (χ0n) is 53.7. The summed E-state index contributed by atoms with van der Waals surface area (Å²) in [6, 6.07) is -0.834. The van der Waals surface area contributed by atoms with E-state index in [9.17, 15) is 35.1 Å². The number of rotatable bonds is 61. The fraction of sp³-hybridized carbons (Fsp3) is 0.833. The van der Waals surface area contributed by atoms with E-state index in [0.717, 1.165) is 77.0 Å². The summed E-state index contributed by atoms with van der Waals surface area (Å²) in [4.78, 5) is 25.1. The molecule has 7 unspecified atom stereocenters. The number of hydrogen-bond donors (Lipinski definition) is 6. The minimum Gasteiger partial charge on any atom is -0.466 e. The smallest absolute Gasteiger partial charge is 0.305 e. The van der Waals surface area contributed by atoms with E-state index in [2.05, 4.69) is 67.8 Å². The van der Waals surface area contributed by atoms with E-state index in [4.69, 9.17) is 14.2 Å². The molecule has 6 N–H and O–H groups in total. The summed E-state index contributed by atoms with van der Waals surface area (Å²) >= 11 is 0. The summed E-state index contributed by atoms with van der Waals surface area (Å²) in [5.74, 6) is -0.191. The Morgan fingerprint density at radius 3 is 1.31 bits per heavy atom. The number of carbonyl (C=O) groups is 2. The molecule has 1 heterocycles. The number of aliphatic hydroxyl groups is 5. The van der Waals surface area contributed by atoms with Crippen LogP contribution in [0.3, 0.4) is 0 Å². The molecule has 0 bridgehead atoms. The van der Waals surface area contributed by atoms with Gasteiger partial charge in [0.2, 0.25) is 5.91 Å². The molecular weight excluding hydrogens is 1040 g/mol. The molecule has 1 fully saturated rings. The first-order valence-electron chi connectivity index (χ1n) is 35.1. The number of nitrogens with one attached hydrogen (secondary N) is 1.